The maximum absolute atomic E-state index is 12.4. The molecule has 5 amide bonds. The molecule has 0 saturated carbocycles. The van der Waals surface area contributed by atoms with Gasteiger partial charge in [0, 0.05) is 13.6 Å². The van der Waals surface area contributed by atoms with E-state index in [4.69, 9.17) is 10.5 Å². The van der Waals surface area contributed by atoms with E-state index in [0.29, 0.717) is 24.3 Å². The molecular formula is C15H24N4O7. The molecule has 11 heteroatoms. The highest BCUT2D eigenvalue weighted by atomic mass is 16.6. The van der Waals surface area contributed by atoms with Gasteiger partial charge in [0.25, 0.3) is 5.91 Å². The van der Waals surface area contributed by atoms with Gasteiger partial charge in [-0.3, -0.25) is 4.79 Å². The van der Waals surface area contributed by atoms with Crippen LogP contribution in [0.2, 0.25) is 0 Å². The molecule has 0 aromatic heterocycles. The maximum atomic E-state index is 12.4. The normalized spacial score (nSPS) is 18.5. The average Bonchev–Trinajstić information content (AvgIpc) is 3.08. The number of hydrogen-bond acceptors (Lipinski definition) is 7. The lowest BCUT2D eigenvalue weighted by Crippen LogP contribution is -2.51. The summed E-state index contributed by atoms with van der Waals surface area (Å²) in [5, 5.41) is 2.22. The zero-order valence-corrected chi connectivity index (χ0v) is 15.2. The number of nitrogens with two attached hydrogens (primary N) is 1. The van der Waals surface area contributed by atoms with Gasteiger partial charge in [-0.15, -0.1) is 0 Å². The van der Waals surface area contributed by atoms with Crippen molar-refractivity contribution in [2.24, 2.45) is 5.73 Å². The predicted molar refractivity (Wildman–Crippen MR) is 87.6 cm³/mol. The molecule has 1 aliphatic rings. The summed E-state index contributed by atoms with van der Waals surface area (Å²) in [6, 6.07) is -3.69. The summed E-state index contributed by atoms with van der Waals surface area (Å²) in [6.07, 6.45) is -0.0377. The van der Waals surface area contributed by atoms with Gasteiger partial charge < -0.3 is 25.4 Å². The third-order valence-corrected chi connectivity index (χ3v) is 3.98. The zero-order valence-electron chi connectivity index (χ0n) is 15.2. The molecule has 0 bridgehead atoms. The minimum atomic E-state index is -1.15. The Morgan fingerprint density at radius 2 is 1.85 bits per heavy atom. The number of carbonyl (C=O) groups excluding carboxylic acids is 5. The molecule has 0 spiro atoms. The summed E-state index contributed by atoms with van der Waals surface area (Å²) in [6.45, 7) is 3.06. The fraction of sp³-hybridized carbons (Fsp3) is 0.667. The van der Waals surface area contributed by atoms with Crippen LogP contribution in [0.1, 0.15) is 26.7 Å². The minimum absolute atomic E-state index is 0.357. The maximum Gasteiger partial charge on any atom is 0.329 e. The Hall–Kier alpha value is -2.85. The van der Waals surface area contributed by atoms with Gasteiger partial charge in [0.05, 0.1) is 7.11 Å². The number of nitrogens with one attached hydrogen (secondary N) is 1. The number of likely N-dealkylation sites (tertiary alicyclic amines) is 1. The molecule has 0 aromatic carbocycles. The number of imide groups is 1. The van der Waals surface area contributed by atoms with Crippen LogP contribution in [0.25, 0.3) is 0 Å². The summed E-state index contributed by atoms with van der Waals surface area (Å²) in [5.41, 5.74) is 4.95. The Morgan fingerprint density at radius 3 is 2.38 bits per heavy atom. The van der Waals surface area contributed by atoms with Crippen LogP contribution in [0, 0.1) is 0 Å². The second-order valence-corrected chi connectivity index (χ2v) is 5.86. The second-order valence-electron chi connectivity index (χ2n) is 5.86. The molecule has 1 aliphatic heterocycles. The Morgan fingerprint density at radius 1 is 1.23 bits per heavy atom. The van der Waals surface area contributed by atoms with E-state index in [0.717, 1.165) is 7.05 Å². The largest absolute Gasteiger partial charge is 0.467 e. The lowest BCUT2D eigenvalue weighted by Gasteiger charge is -2.26. The molecule has 26 heavy (non-hydrogen) atoms. The van der Waals surface area contributed by atoms with Gasteiger partial charge >= 0.3 is 24.0 Å². The number of amides is 5. The number of hydrogen-bond donors (Lipinski definition) is 2. The Kier molecular flexibility index (Phi) is 7.35. The van der Waals surface area contributed by atoms with Crippen molar-refractivity contribution in [1.29, 1.82) is 0 Å². The number of methoxy groups -OCH3 is 1. The average molecular weight is 372 g/mol. The van der Waals surface area contributed by atoms with Crippen molar-refractivity contribution in [3.8, 4) is 0 Å². The van der Waals surface area contributed by atoms with Crippen LogP contribution in [-0.2, 0) is 23.9 Å². The molecule has 1 fully saturated rings. The molecule has 3 atom stereocenters. The molecule has 1 saturated heterocycles. The molecule has 0 radical (unpaired) electrons. The fourth-order valence-corrected chi connectivity index (χ4v) is 2.41. The van der Waals surface area contributed by atoms with Gasteiger partial charge in [-0.1, -0.05) is 0 Å². The molecule has 3 N–H and O–H groups in total. The van der Waals surface area contributed by atoms with Gasteiger partial charge in [-0.05, 0) is 26.7 Å². The SMILES string of the molecule is COC(=O)C1CCCN1C(=O)C(C)OC(=O)C(C)NC(=O)N(C)C(N)=O. The van der Waals surface area contributed by atoms with E-state index < -0.39 is 48.1 Å². The van der Waals surface area contributed by atoms with Gasteiger partial charge in [-0.25, -0.2) is 24.1 Å². The highest BCUT2D eigenvalue weighted by Crippen LogP contribution is 2.20. The second kappa shape index (κ2) is 9.02. The molecule has 0 aromatic rings. The van der Waals surface area contributed by atoms with Crippen LogP contribution < -0.4 is 11.1 Å². The lowest BCUT2D eigenvalue weighted by atomic mass is 10.2. The highest BCUT2D eigenvalue weighted by molar-refractivity contribution is 5.94. The summed E-state index contributed by atoms with van der Waals surface area (Å²) in [4.78, 5) is 60.6. The van der Waals surface area contributed by atoms with Gasteiger partial charge in [0.1, 0.15) is 12.1 Å². The number of carbonyl (C=O) groups is 5. The smallest absolute Gasteiger partial charge is 0.329 e. The first-order chi connectivity index (χ1) is 12.1. The fourth-order valence-electron chi connectivity index (χ4n) is 2.41. The van der Waals surface area contributed by atoms with Crippen molar-refractivity contribution >= 4 is 29.9 Å². The van der Waals surface area contributed by atoms with Crippen LogP contribution in [-0.4, -0.2) is 78.6 Å². The van der Waals surface area contributed by atoms with E-state index in [1.54, 1.807) is 0 Å². The predicted octanol–water partition coefficient (Wildman–Crippen LogP) is -0.809. The van der Waals surface area contributed by atoms with Crippen LogP contribution in [0.15, 0.2) is 0 Å². The third kappa shape index (κ3) is 5.07. The first-order valence-electron chi connectivity index (χ1n) is 8.02. The van der Waals surface area contributed by atoms with Crippen molar-refractivity contribution in [1.82, 2.24) is 15.1 Å². The molecule has 1 rings (SSSR count). The van der Waals surface area contributed by atoms with Crippen LogP contribution in [0.4, 0.5) is 9.59 Å². The molecule has 3 unspecified atom stereocenters. The minimum Gasteiger partial charge on any atom is -0.467 e. The van der Waals surface area contributed by atoms with Gasteiger partial charge in [0.15, 0.2) is 6.10 Å². The van der Waals surface area contributed by atoms with Crippen molar-refractivity contribution in [2.75, 3.05) is 20.7 Å². The number of ether oxygens (including phenoxy) is 2. The number of nitrogens with zero attached hydrogens (tertiary/aromatic N) is 2. The van der Waals surface area contributed by atoms with E-state index in [2.05, 4.69) is 10.1 Å². The van der Waals surface area contributed by atoms with E-state index in [9.17, 15) is 24.0 Å². The Labute approximate surface area is 150 Å². The Bertz CT molecular complexity index is 595. The van der Waals surface area contributed by atoms with E-state index >= 15 is 0 Å². The number of esters is 2. The lowest BCUT2D eigenvalue weighted by molar-refractivity contribution is -0.163. The first-order valence-corrected chi connectivity index (χ1v) is 8.02. The van der Waals surface area contributed by atoms with Crippen molar-refractivity contribution in [3.63, 3.8) is 0 Å². The van der Waals surface area contributed by atoms with Crippen LogP contribution in [0.5, 0.6) is 0 Å². The van der Waals surface area contributed by atoms with E-state index in [-0.39, 0.29) is 0 Å². The summed E-state index contributed by atoms with van der Waals surface area (Å²) < 4.78 is 9.73. The topological polar surface area (TPSA) is 148 Å². The molecule has 0 aliphatic carbocycles. The summed E-state index contributed by atoms with van der Waals surface area (Å²) in [7, 11) is 2.38. The van der Waals surface area contributed by atoms with E-state index in [1.807, 2.05) is 0 Å². The molecular weight excluding hydrogens is 348 g/mol. The van der Waals surface area contributed by atoms with Crippen molar-refractivity contribution < 1.29 is 33.4 Å². The van der Waals surface area contributed by atoms with Crippen LogP contribution in [0.3, 0.4) is 0 Å². The van der Waals surface area contributed by atoms with E-state index in [1.165, 1.54) is 25.9 Å². The molecule has 11 nitrogen and oxygen atoms in total. The number of rotatable bonds is 5. The third-order valence-electron chi connectivity index (χ3n) is 3.98. The molecule has 146 valence electrons. The van der Waals surface area contributed by atoms with Crippen molar-refractivity contribution in [3.05, 3.63) is 0 Å². The summed E-state index contributed by atoms with van der Waals surface area (Å²) in [5.74, 6) is -1.92. The number of urea groups is 2. The first kappa shape index (κ1) is 21.2. The van der Waals surface area contributed by atoms with Crippen molar-refractivity contribution in [2.45, 2.75) is 44.9 Å². The standard InChI is InChI=1S/C15H24N4O7/c1-8(17-15(24)18(3)14(16)23)12(21)26-9(2)11(20)19-7-5-6-10(19)13(22)25-4/h8-10H,5-7H2,1-4H3,(H2,16,23)(H,17,24). The van der Waals surface area contributed by atoms with Gasteiger partial charge in [0.2, 0.25) is 0 Å². The van der Waals surface area contributed by atoms with Gasteiger partial charge in [-0.2, -0.15) is 0 Å². The molecule has 1 heterocycles. The quantitative estimate of drug-likeness (QED) is 0.600. The summed E-state index contributed by atoms with van der Waals surface area (Å²) >= 11 is 0. The van der Waals surface area contributed by atoms with Crippen LogP contribution >= 0.6 is 0 Å². The Balaban J connectivity index is 2.62. The monoisotopic (exact) mass is 372 g/mol. The zero-order chi connectivity index (χ0) is 20.0. The highest BCUT2D eigenvalue weighted by Gasteiger charge is 2.38. The number of primary amides is 1.